The third kappa shape index (κ3) is 4.66. The van der Waals surface area contributed by atoms with Crippen LogP contribution >= 0.6 is 0 Å². The summed E-state index contributed by atoms with van der Waals surface area (Å²) >= 11 is 0. The van der Waals surface area contributed by atoms with Gasteiger partial charge in [-0.2, -0.15) is 0 Å². The molecule has 0 aromatic carbocycles. The van der Waals surface area contributed by atoms with Crippen LogP contribution in [0.3, 0.4) is 0 Å². The van der Waals surface area contributed by atoms with Crippen molar-refractivity contribution < 1.29 is 13.2 Å². The Balaban J connectivity index is 1.77. The average molecular weight is 317 g/mol. The Morgan fingerprint density at radius 1 is 1.24 bits per heavy atom. The highest BCUT2D eigenvalue weighted by atomic mass is 32.2. The lowest BCUT2D eigenvalue weighted by Gasteiger charge is -2.33. The van der Waals surface area contributed by atoms with Crippen LogP contribution in [0.25, 0.3) is 0 Å². The molecule has 0 bridgehead atoms. The normalized spacial score (nSPS) is 25.7. The van der Waals surface area contributed by atoms with E-state index in [2.05, 4.69) is 10.6 Å². The molecule has 122 valence electrons. The number of carbonyl (C=O) groups is 1. The first-order valence-electron chi connectivity index (χ1n) is 8.04. The predicted octanol–water partition coefficient (Wildman–Crippen LogP) is 0.449. The van der Waals surface area contributed by atoms with E-state index in [0.29, 0.717) is 32.4 Å². The van der Waals surface area contributed by atoms with Gasteiger partial charge in [0.25, 0.3) is 0 Å². The Kier molecular flexibility index (Phi) is 6.01. The van der Waals surface area contributed by atoms with Gasteiger partial charge in [-0.1, -0.05) is 13.3 Å². The van der Waals surface area contributed by atoms with Crippen LogP contribution in [0.15, 0.2) is 0 Å². The van der Waals surface area contributed by atoms with E-state index in [-0.39, 0.29) is 23.7 Å². The molecule has 7 heteroatoms. The maximum Gasteiger partial charge on any atom is 0.237 e. The summed E-state index contributed by atoms with van der Waals surface area (Å²) in [6.07, 6.45) is 5.20. The Bertz CT molecular complexity index is 438. The number of hydrogen-bond donors (Lipinski definition) is 2. The summed E-state index contributed by atoms with van der Waals surface area (Å²) in [5.74, 6) is 0.292. The summed E-state index contributed by atoms with van der Waals surface area (Å²) in [7, 11) is -3.10. The van der Waals surface area contributed by atoms with Crippen LogP contribution in [0.4, 0.5) is 0 Å². The van der Waals surface area contributed by atoms with Gasteiger partial charge in [0.15, 0.2) is 0 Å². The molecule has 2 N–H and O–H groups in total. The molecular weight excluding hydrogens is 290 g/mol. The minimum absolute atomic E-state index is 0.0689. The van der Waals surface area contributed by atoms with Gasteiger partial charge in [0, 0.05) is 19.1 Å². The second kappa shape index (κ2) is 7.56. The zero-order valence-corrected chi connectivity index (χ0v) is 13.6. The average Bonchev–Trinajstić information content (AvgIpc) is 2.48. The minimum atomic E-state index is -3.10. The Morgan fingerprint density at radius 2 is 1.95 bits per heavy atom. The summed E-state index contributed by atoms with van der Waals surface area (Å²) in [6, 6.07) is 0.0370. The molecular formula is C14H27N3O3S. The van der Waals surface area contributed by atoms with Gasteiger partial charge < -0.3 is 10.6 Å². The molecule has 0 saturated carbocycles. The fourth-order valence-corrected chi connectivity index (χ4v) is 4.58. The lowest BCUT2D eigenvalue weighted by molar-refractivity contribution is -0.124. The van der Waals surface area contributed by atoms with Crippen molar-refractivity contribution in [1.82, 2.24) is 14.9 Å². The maximum absolute atomic E-state index is 12.1. The van der Waals surface area contributed by atoms with Crippen molar-refractivity contribution in [2.45, 2.75) is 57.5 Å². The molecule has 2 aliphatic heterocycles. The Labute approximate surface area is 127 Å². The van der Waals surface area contributed by atoms with E-state index < -0.39 is 10.0 Å². The number of hydrogen-bond acceptors (Lipinski definition) is 4. The molecule has 2 saturated heterocycles. The van der Waals surface area contributed by atoms with E-state index in [0.717, 1.165) is 25.8 Å². The van der Waals surface area contributed by atoms with Crippen molar-refractivity contribution in [2.75, 3.05) is 25.4 Å². The van der Waals surface area contributed by atoms with Gasteiger partial charge in [-0.15, -0.1) is 0 Å². The molecule has 1 atom stereocenters. The highest BCUT2D eigenvalue weighted by Gasteiger charge is 2.29. The summed E-state index contributed by atoms with van der Waals surface area (Å²) in [6.45, 7) is 3.82. The molecule has 0 radical (unpaired) electrons. The number of rotatable bonds is 5. The number of nitrogens with one attached hydrogen (secondary N) is 2. The first kappa shape index (κ1) is 16.7. The SMILES string of the molecule is CCCS(=O)(=O)N1CCC(NC(=O)[C@@H]2CCCCN2)CC1. The first-order chi connectivity index (χ1) is 10.0. The maximum atomic E-state index is 12.1. The largest absolute Gasteiger partial charge is 0.352 e. The number of piperidine rings is 2. The van der Waals surface area contributed by atoms with Gasteiger partial charge in [0.1, 0.15) is 0 Å². The summed E-state index contributed by atoms with van der Waals surface area (Å²) in [5.41, 5.74) is 0. The van der Waals surface area contributed by atoms with Gasteiger partial charge in [-0.25, -0.2) is 12.7 Å². The Hall–Kier alpha value is -0.660. The van der Waals surface area contributed by atoms with Gasteiger partial charge >= 0.3 is 0 Å². The van der Waals surface area contributed by atoms with Crippen molar-refractivity contribution in [3.8, 4) is 0 Å². The second-order valence-electron chi connectivity index (χ2n) is 6.00. The zero-order chi connectivity index (χ0) is 15.3. The zero-order valence-electron chi connectivity index (χ0n) is 12.8. The summed E-state index contributed by atoms with van der Waals surface area (Å²) < 4.78 is 25.5. The number of sulfonamides is 1. The molecule has 2 heterocycles. The van der Waals surface area contributed by atoms with E-state index in [4.69, 9.17) is 0 Å². The molecule has 2 rings (SSSR count). The molecule has 0 aliphatic carbocycles. The smallest absolute Gasteiger partial charge is 0.237 e. The molecule has 1 amide bonds. The van der Waals surface area contributed by atoms with Gasteiger partial charge in [-0.05, 0) is 38.6 Å². The van der Waals surface area contributed by atoms with Crippen molar-refractivity contribution in [3.05, 3.63) is 0 Å². The topological polar surface area (TPSA) is 78.5 Å². The monoisotopic (exact) mass is 317 g/mol. The van der Waals surface area contributed by atoms with Crippen LogP contribution in [-0.4, -0.2) is 56.1 Å². The molecule has 0 aromatic rings. The van der Waals surface area contributed by atoms with E-state index >= 15 is 0 Å². The fourth-order valence-electron chi connectivity index (χ4n) is 3.04. The second-order valence-corrected chi connectivity index (χ2v) is 8.09. The molecule has 0 spiro atoms. The van der Waals surface area contributed by atoms with Crippen LogP contribution in [0.1, 0.15) is 45.4 Å². The van der Waals surface area contributed by atoms with Gasteiger partial charge in [0.05, 0.1) is 11.8 Å². The van der Waals surface area contributed by atoms with E-state index in [1.807, 2.05) is 6.92 Å². The lowest BCUT2D eigenvalue weighted by atomic mass is 10.0. The first-order valence-corrected chi connectivity index (χ1v) is 9.65. The molecule has 2 fully saturated rings. The van der Waals surface area contributed by atoms with E-state index in [9.17, 15) is 13.2 Å². The highest BCUT2D eigenvalue weighted by molar-refractivity contribution is 7.89. The summed E-state index contributed by atoms with van der Waals surface area (Å²) in [5, 5.41) is 6.31. The van der Waals surface area contributed by atoms with Crippen LogP contribution in [0, 0.1) is 0 Å². The van der Waals surface area contributed by atoms with Gasteiger partial charge in [0.2, 0.25) is 15.9 Å². The van der Waals surface area contributed by atoms with Crippen molar-refractivity contribution in [3.63, 3.8) is 0 Å². The third-order valence-electron chi connectivity index (χ3n) is 4.28. The standard InChI is InChI=1S/C14H27N3O3S/c1-2-11-21(19,20)17-9-6-12(7-10-17)16-14(18)13-5-3-4-8-15-13/h12-13,15H,2-11H2,1H3,(H,16,18)/t13-/m0/s1. The molecule has 0 aromatic heterocycles. The van der Waals surface area contributed by atoms with Crippen LogP contribution < -0.4 is 10.6 Å². The van der Waals surface area contributed by atoms with Crippen LogP contribution in [0.2, 0.25) is 0 Å². The Morgan fingerprint density at radius 3 is 2.52 bits per heavy atom. The summed E-state index contributed by atoms with van der Waals surface area (Å²) in [4.78, 5) is 12.1. The lowest BCUT2D eigenvalue weighted by Crippen LogP contribution is -2.52. The number of nitrogens with zero attached hydrogens (tertiary/aromatic N) is 1. The van der Waals surface area contributed by atoms with Crippen molar-refractivity contribution in [1.29, 1.82) is 0 Å². The van der Waals surface area contributed by atoms with Crippen LogP contribution in [-0.2, 0) is 14.8 Å². The van der Waals surface area contributed by atoms with Gasteiger partial charge in [-0.3, -0.25) is 4.79 Å². The molecule has 2 aliphatic rings. The van der Waals surface area contributed by atoms with Crippen LogP contribution in [0.5, 0.6) is 0 Å². The third-order valence-corrected chi connectivity index (χ3v) is 6.36. The number of carbonyl (C=O) groups excluding carboxylic acids is 1. The molecule has 21 heavy (non-hydrogen) atoms. The number of amides is 1. The fraction of sp³-hybridized carbons (Fsp3) is 0.929. The minimum Gasteiger partial charge on any atom is -0.352 e. The van der Waals surface area contributed by atoms with Crippen molar-refractivity contribution in [2.24, 2.45) is 0 Å². The van der Waals surface area contributed by atoms with E-state index in [1.54, 1.807) is 4.31 Å². The highest BCUT2D eigenvalue weighted by Crippen LogP contribution is 2.16. The predicted molar refractivity (Wildman–Crippen MR) is 82.5 cm³/mol. The van der Waals surface area contributed by atoms with E-state index in [1.165, 1.54) is 0 Å². The molecule has 0 unspecified atom stereocenters. The quantitative estimate of drug-likeness (QED) is 0.772. The molecule has 6 nitrogen and oxygen atoms in total. The van der Waals surface area contributed by atoms with Crippen molar-refractivity contribution >= 4 is 15.9 Å².